The molecule has 0 aromatic heterocycles. The Balaban J connectivity index is 4.22. The van der Waals surface area contributed by atoms with Crippen molar-refractivity contribution < 1.29 is 0 Å². The minimum Gasteiger partial charge on any atom is -0.0991 e. The first-order valence-corrected chi connectivity index (χ1v) is 3.80. The van der Waals surface area contributed by atoms with E-state index >= 15 is 0 Å². The maximum absolute atomic E-state index is 5.44. The van der Waals surface area contributed by atoms with Crippen LogP contribution in [-0.4, -0.2) is 0 Å². The van der Waals surface area contributed by atoms with Crippen molar-refractivity contribution in [2.75, 3.05) is 0 Å². The molecular formula is C8H10Cl2. The highest BCUT2D eigenvalue weighted by Gasteiger charge is 1.88. The van der Waals surface area contributed by atoms with Gasteiger partial charge in [-0.3, -0.25) is 0 Å². The van der Waals surface area contributed by atoms with Gasteiger partial charge in [-0.1, -0.05) is 48.9 Å². The van der Waals surface area contributed by atoms with Crippen LogP contribution in [0.2, 0.25) is 0 Å². The Hall–Kier alpha value is -0.200. The van der Waals surface area contributed by atoms with Gasteiger partial charge in [0, 0.05) is 0 Å². The zero-order valence-corrected chi connectivity index (χ0v) is 7.41. The second-order valence-corrected chi connectivity index (χ2v) is 2.77. The Morgan fingerprint density at radius 3 is 2.40 bits per heavy atom. The summed E-state index contributed by atoms with van der Waals surface area (Å²) in [5.41, 5.74) is 1.08. The van der Waals surface area contributed by atoms with Gasteiger partial charge in [-0.25, -0.2) is 0 Å². The third kappa shape index (κ3) is 4.66. The van der Waals surface area contributed by atoms with Crippen molar-refractivity contribution >= 4 is 23.2 Å². The summed E-state index contributed by atoms with van der Waals surface area (Å²) < 4.78 is 0.287. The molecule has 0 amide bonds. The molecule has 0 bridgehead atoms. The molecule has 0 aromatic carbocycles. The third-order valence-corrected chi connectivity index (χ3v) is 1.25. The Labute approximate surface area is 71.8 Å². The molecule has 0 aliphatic heterocycles. The van der Waals surface area contributed by atoms with E-state index in [4.69, 9.17) is 23.2 Å². The zero-order valence-electron chi connectivity index (χ0n) is 5.90. The first kappa shape index (κ1) is 9.80. The first-order chi connectivity index (χ1) is 4.70. The Kier molecular flexibility index (Phi) is 5.46. The Morgan fingerprint density at radius 1 is 1.50 bits per heavy atom. The fraction of sp³-hybridized carbons (Fsp3) is 0.250. The molecule has 2 heteroatoms. The smallest absolute Gasteiger partial charge is 0.0991 e. The largest absolute Gasteiger partial charge is 0.107 e. The van der Waals surface area contributed by atoms with Crippen LogP contribution in [0.4, 0.5) is 0 Å². The SMILES string of the molecule is C=C/C=C(\C=C(Cl)Cl)CC. The summed E-state index contributed by atoms with van der Waals surface area (Å²) >= 11 is 10.9. The summed E-state index contributed by atoms with van der Waals surface area (Å²) in [6, 6.07) is 0. The molecule has 0 fully saturated rings. The lowest BCUT2D eigenvalue weighted by atomic mass is 10.2. The highest BCUT2D eigenvalue weighted by molar-refractivity contribution is 6.56. The summed E-state index contributed by atoms with van der Waals surface area (Å²) in [4.78, 5) is 0. The average molecular weight is 177 g/mol. The molecule has 0 unspecified atom stereocenters. The second-order valence-electron chi connectivity index (χ2n) is 1.76. The molecule has 0 radical (unpaired) electrons. The van der Waals surface area contributed by atoms with Crippen molar-refractivity contribution in [1.82, 2.24) is 0 Å². The predicted molar refractivity (Wildman–Crippen MR) is 48.4 cm³/mol. The molecule has 0 aliphatic carbocycles. The molecule has 0 nitrogen and oxygen atoms in total. The maximum Gasteiger partial charge on any atom is 0.107 e. The van der Waals surface area contributed by atoms with Crippen molar-refractivity contribution in [2.24, 2.45) is 0 Å². The number of rotatable bonds is 3. The second kappa shape index (κ2) is 5.57. The molecule has 0 heterocycles. The molecule has 0 N–H and O–H groups in total. The van der Waals surface area contributed by atoms with Gasteiger partial charge < -0.3 is 0 Å². The van der Waals surface area contributed by atoms with Crippen LogP contribution in [0.5, 0.6) is 0 Å². The van der Waals surface area contributed by atoms with Crippen LogP contribution in [-0.2, 0) is 0 Å². The highest BCUT2D eigenvalue weighted by Crippen LogP contribution is 2.13. The molecule has 0 saturated carbocycles. The van der Waals surface area contributed by atoms with E-state index in [0.29, 0.717) is 0 Å². The topological polar surface area (TPSA) is 0 Å². The molecule has 10 heavy (non-hydrogen) atoms. The van der Waals surface area contributed by atoms with E-state index in [1.54, 1.807) is 12.2 Å². The normalized spacial score (nSPS) is 10.9. The van der Waals surface area contributed by atoms with Crippen molar-refractivity contribution in [3.63, 3.8) is 0 Å². The quantitative estimate of drug-likeness (QED) is 0.574. The number of hydrogen-bond acceptors (Lipinski definition) is 0. The maximum atomic E-state index is 5.44. The molecule has 0 aromatic rings. The van der Waals surface area contributed by atoms with Crippen LogP contribution in [0, 0.1) is 0 Å². The van der Waals surface area contributed by atoms with Crippen molar-refractivity contribution in [2.45, 2.75) is 13.3 Å². The van der Waals surface area contributed by atoms with Crippen LogP contribution < -0.4 is 0 Å². The van der Waals surface area contributed by atoms with Gasteiger partial charge in [0.1, 0.15) is 4.49 Å². The molecule has 56 valence electrons. The van der Waals surface area contributed by atoms with Gasteiger partial charge in [0.05, 0.1) is 0 Å². The summed E-state index contributed by atoms with van der Waals surface area (Å²) in [6.07, 6.45) is 6.22. The predicted octanol–water partition coefficient (Wildman–Crippen LogP) is 3.83. The van der Waals surface area contributed by atoms with Gasteiger partial charge in [-0.15, -0.1) is 0 Å². The minimum absolute atomic E-state index is 0.287. The molecule has 0 atom stereocenters. The minimum atomic E-state index is 0.287. The average Bonchev–Trinajstić information content (AvgIpc) is 1.86. The standard InChI is InChI=1S/C8H10Cl2/c1-3-5-7(4-2)6-8(9)10/h3,5-6H,1,4H2,2H3/b7-5-. The van der Waals surface area contributed by atoms with E-state index < -0.39 is 0 Å². The lowest BCUT2D eigenvalue weighted by Crippen LogP contribution is -1.72. The third-order valence-electron chi connectivity index (χ3n) is 1.03. The lowest BCUT2D eigenvalue weighted by molar-refractivity contribution is 1.15. The van der Waals surface area contributed by atoms with Crippen molar-refractivity contribution in [1.29, 1.82) is 0 Å². The lowest BCUT2D eigenvalue weighted by Gasteiger charge is -1.92. The van der Waals surface area contributed by atoms with E-state index in [1.807, 2.05) is 13.0 Å². The van der Waals surface area contributed by atoms with Crippen LogP contribution >= 0.6 is 23.2 Å². The highest BCUT2D eigenvalue weighted by atomic mass is 35.5. The summed E-state index contributed by atoms with van der Waals surface area (Å²) in [7, 11) is 0. The van der Waals surface area contributed by atoms with E-state index in [0.717, 1.165) is 12.0 Å². The number of allylic oxidation sites excluding steroid dienone is 4. The summed E-state index contributed by atoms with van der Waals surface area (Å²) in [5.74, 6) is 0. The fourth-order valence-corrected chi connectivity index (χ4v) is 0.840. The van der Waals surface area contributed by atoms with E-state index in [2.05, 4.69) is 6.58 Å². The zero-order chi connectivity index (χ0) is 7.98. The van der Waals surface area contributed by atoms with E-state index in [1.165, 1.54) is 0 Å². The Morgan fingerprint density at radius 2 is 2.10 bits per heavy atom. The van der Waals surface area contributed by atoms with Crippen LogP contribution in [0.3, 0.4) is 0 Å². The van der Waals surface area contributed by atoms with Crippen LogP contribution in [0.1, 0.15) is 13.3 Å². The van der Waals surface area contributed by atoms with Gasteiger partial charge in [0.15, 0.2) is 0 Å². The van der Waals surface area contributed by atoms with Crippen LogP contribution in [0.15, 0.2) is 34.9 Å². The Bertz CT molecular complexity index is 159. The van der Waals surface area contributed by atoms with Gasteiger partial charge in [-0.05, 0) is 18.1 Å². The van der Waals surface area contributed by atoms with E-state index in [-0.39, 0.29) is 4.49 Å². The van der Waals surface area contributed by atoms with E-state index in [9.17, 15) is 0 Å². The fourth-order valence-electron chi connectivity index (χ4n) is 0.560. The van der Waals surface area contributed by atoms with Crippen LogP contribution in [0.25, 0.3) is 0 Å². The van der Waals surface area contributed by atoms with Gasteiger partial charge in [0.25, 0.3) is 0 Å². The summed E-state index contributed by atoms with van der Waals surface area (Å²) in [5, 5.41) is 0. The molecule has 0 saturated heterocycles. The van der Waals surface area contributed by atoms with Gasteiger partial charge >= 0.3 is 0 Å². The molecule has 0 rings (SSSR count). The molecule has 0 spiro atoms. The summed E-state index contributed by atoms with van der Waals surface area (Å²) in [6.45, 7) is 5.59. The molecular weight excluding hydrogens is 167 g/mol. The monoisotopic (exact) mass is 176 g/mol. The number of hydrogen-bond donors (Lipinski definition) is 0. The van der Waals surface area contributed by atoms with Crippen molar-refractivity contribution in [3.05, 3.63) is 34.9 Å². The van der Waals surface area contributed by atoms with Gasteiger partial charge in [0.2, 0.25) is 0 Å². The first-order valence-electron chi connectivity index (χ1n) is 3.05. The number of halogens is 2. The van der Waals surface area contributed by atoms with Crippen molar-refractivity contribution in [3.8, 4) is 0 Å². The van der Waals surface area contributed by atoms with Gasteiger partial charge in [-0.2, -0.15) is 0 Å². The molecule has 0 aliphatic rings.